The number of H-pyrrole nitrogens is 1. The third-order valence-corrected chi connectivity index (χ3v) is 3.26. The molecular weight excluding hydrogens is 423 g/mol. The molecule has 0 atom stereocenters. The number of imidazole rings is 1. The van der Waals surface area contributed by atoms with E-state index in [1.807, 2.05) is 24.3 Å². The van der Waals surface area contributed by atoms with Crippen LogP contribution in [0.4, 0.5) is 0 Å². The van der Waals surface area contributed by atoms with Gasteiger partial charge < -0.3 is 32.4 Å². The summed E-state index contributed by atoms with van der Waals surface area (Å²) in [5.74, 6) is 0. The zero-order valence-electron chi connectivity index (χ0n) is 16.8. The molecule has 0 aliphatic carbocycles. The first-order valence-corrected chi connectivity index (χ1v) is 8.31. The zero-order chi connectivity index (χ0) is 21.4. The van der Waals surface area contributed by atoms with Gasteiger partial charge in [0.15, 0.2) is 0 Å². The van der Waals surface area contributed by atoms with Gasteiger partial charge >= 0.3 is 16.8 Å². The zero-order valence-corrected chi connectivity index (χ0v) is 17.9. The molecule has 0 aliphatic heterocycles. The molecule has 0 unspecified atom stereocenters. The fourth-order valence-electron chi connectivity index (χ4n) is 1.37. The van der Waals surface area contributed by atoms with Crippen molar-refractivity contribution in [2.45, 2.75) is 34.1 Å². The van der Waals surface area contributed by atoms with Crippen LogP contribution in [-0.4, -0.2) is 55.0 Å². The van der Waals surface area contributed by atoms with E-state index in [0.29, 0.717) is 35.9 Å². The van der Waals surface area contributed by atoms with E-state index in [1.54, 1.807) is 20.2 Å². The average molecular weight is 450 g/mol. The molecule has 0 spiro atoms. The van der Waals surface area contributed by atoms with Gasteiger partial charge in [0.05, 0.1) is 24.0 Å². The molecule has 0 bridgehead atoms. The Kier molecular flexibility index (Phi) is 16.8. The molecule has 1 radical (unpaired) electrons. The van der Waals surface area contributed by atoms with Crippen LogP contribution in [0.2, 0.25) is 0 Å². The summed E-state index contributed by atoms with van der Waals surface area (Å²) >= 11 is 0. The number of oxime groups is 4. The molecule has 1 heterocycles. The van der Waals surface area contributed by atoms with E-state index in [4.69, 9.17) is 20.5 Å². The number of aromatic amines is 1. The van der Waals surface area contributed by atoms with Crippen LogP contribution in [0, 0.1) is 6.92 Å². The van der Waals surface area contributed by atoms with Crippen LogP contribution < -0.4 is 0 Å². The normalized spacial score (nSPS) is 12.2. The summed E-state index contributed by atoms with van der Waals surface area (Å²) in [4.78, 5) is 11.9. The first-order valence-electron chi connectivity index (χ1n) is 8.31. The van der Waals surface area contributed by atoms with Crippen molar-refractivity contribution in [2.75, 3.05) is 6.61 Å². The Labute approximate surface area is 180 Å². The predicted molar refractivity (Wildman–Crippen MR) is 110 cm³/mol. The first-order chi connectivity index (χ1) is 13.4. The second kappa shape index (κ2) is 17.2. The van der Waals surface area contributed by atoms with Crippen LogP contribution in [0.15, 0.2) is 51.2 Å². The number of fused-ring (bicyclic) bond motifs is 1. The quantitative estimate of drug-likeness (QED) is 0.180. The van der Waals surface area contributed by atoms with Crippen molar-refractivity contribution < 1.29 is 37.2 Å². The Bertz CT molecular complexity index is 771. The molecule has 0 amide bonds. The van der Waals surface area contributed by atoms with Crippen molar-refractivity contribution in [1.82, 2.24) is 9.97 Å². The molecule has 4 N–H and O–H groups in total. The predicted octanol–water partition coefficient (Wildman–Crippen LogP) is 3.70. The molecule has 0 aliphatic rings. The van der Waals surface area contributed by atoms with Gasteiger partial charge in [0.25, 0.3) is 0 Å². The number of hydrogen-bond acceptors (Lipinski definition) is 9. The SMILES string of the molecule is CC(=N\O)/C(C)=N/O.[CH2-]CCO/N=C(C)/C(C)=N/O.[Co+2].c1ccc2[nH]cnc2c1. The molecule has 10 nitrogen and oxygen atoms in total. The Hall–Kier alpha value is -2.92. The topological polar surface area (TPSA) is 148 Å². The minimum atomic E-state index is 0. The monoisotopic (exact) mass is 450 g/mol. The van der Waals surface area contributed by atoms with Gasteiger partial charge in [0.1, 0.15) is 22.8 Å². The van der Waals surface area contributed by atoms with E-state index in [9.17, 15) is 0 Å². The van der Waals surface area contributed by atoms with Gasteiger partial charge in [-0.3, -0.25) is 0 Å². The van der Waals surface area contributed by atoms with Crippen molar-refractivity contribution in [3.8, 4) is 0 Å². The fourth-order valence-corrected chi connectivity index (χ4v) is 1.37. The molecule has 0 saturated carbocycles. The number of nitrogens with one attached hydrogen (secondary N) is 1. The summed E-state index contributed by atoms with van der Waals surface area (Å²) in [5.41, 5.74) is 3.77. The van der Waals surface area contributed by atoms with Gasteiger partial charge in [-0.1, -0.05) is 32.8 Å². The molecule has 11 heteroatoms. The molecular formula is C18H27CoN6O4+. The molecule has 0 saturated heterocycles. The third kappa shape index (κ3) is 12.2. The van der Waals surface area contributed by atoms with Crippen molar-refractivity contribution in [3.05, 3.63) is 37.5 Å². The van der Waals surface area contributed by atoms with Crippen LogP contribution in [0.25, 0.3) is 11.0 Å². The second-order valence-corrected chi connectivity index (χ2v) is 5.34. The van der Waals surface area contributed by atoms with E-state index in [2.05, 4.69) is 37.5 Å². The Morgan fingerprint density at radius 1 is 0.966 bits per heavy atom. The summed E-state index contributed by atoms with van der Waals surface area (Å²) in [6.07, 6.45) is 2.37. The maximum Gasteiger partial charge on any atom is 2.00 e. The van der Waals surface area contributed by atoms with Gasteiger partial charge in [0.2, 0.25) is 0 Å². The smallest absolute Gasteiger partial charge is 0.411 e. The van der Waals surface area contributed by atoms with Crippen LogP contribution >= 0.6 is 0 Å². The van der Waals surface area contributed by atoms with Gasteiger partial charge in [-0.2, -0.15) is 0 Å². The molecule has 161 valence electrons. The number of hydrogen-bond donors (Lipinski definition) is 4. The summed E-state index contributed by atoms with van der Waals surface area (Å²) in [6.45, 7) is 10.5. The number of para-hydroxylation sites is 2. The van der Waals surface area contributed by atoms with Crippen LogP contribution in [0.3, 0.4) is 0 Å². The molecule has 0 fully saturated rings. The van der Waals surface area contributed by atoms with E-state index in [-0.39, 0.29) is 16.8 Å². The van der Waals surface area contributed by atoms with Crippen LogP contribution in [0.1, 0.15) is 34.1 Å². The second-order valence-electron chi connectivity index (χ2n) is 5.34. The van der Waals surface area contributed by atoms with E-state index >= 15 is 0 Å². The van der Waals surface area contributed by atoms with E-state index < -0.39 is 0 Å². The van der Waals surface area contributed by atoms with Crippen LogP contribution in [0.5, 0.6) is 0 Å². The van der Waals surface area contributed by atoms with Gasteiger partial charge in [-0.05, 0) is 39.8 Å². The third-order valence-electron chi connectivity index (χ3n) is 3.26. The summed E-state index contributed by atoms with van der Waals surface area (Å²) in [6, 6.07) is 7.94. The summed E-state index contributed by atoms with van der Waals surface area (Å²) in [5, 5.41) is 36.6. The first kappa shape index (κ1) is 28.3. The fraction of sp³-hybridized carbons (Fsp3) is 0.333. The number of aromatic nitrogens is 2. The standard InChI is InChI=1S/C7H13N2O2.C7H6N2.C4H8N2O2.Co/c1-4-5-11-9-7(3)6(2)8-10;1-2-4-7-6(3-1)8-5-9-7;1-3(5-7)4(2)6-8;/h10H,1,4-5H2,2-3H3;1-5H,(H,8,9);7-8H,1-2H3;/q-1;;;+2/b8-6+,9-7+;;5-3+,6-4+;. The van der Waals surface area contributed by atoms with Crippen molar-refractivity contribution in [3.63, 3.8) is 0 Å². The molecule has 1 aromatic carbocycles. The minimum Gasteiger partial charge on any atom is -0.411 e. The Balaban J connectivity index is 0. The number of rotatable bonds is 5. The summed E-state index contributed by atoms with van der Waals surface area (Å²) in [7, 11) is 0. The number of benzene rings is 1. The molecule has 1 aromatic heterocycles. The van der Waals surface area contributed by atoms with Crippen LogP contribution in [-0.2, 0) is 21.6 Å². The molecule has 29 heavy (non-hydrogen) atoms. The van der Waals surface area contributed by atoms with Crippen molar-refractivity contribution in [2.24, 2.45) is 20.6 Å². The van der Waals surface area contributed by atoms with Gasteiger partial charge in [0, 0.05) is 0 Å². The number of nitrogens with zero attached hydrogens (tertiary/aromatic N) is 5. The minimum absolute atomic E-state index is 0. The molecule has 2 aromatic rings. The van der Waals surface area contributed by atoms with Crippen molar-refractivity contribution >= 4 is 33.9 Å². The van der Waals surface area contributed by atoms with E-state index in [0.717, 1.165) is 11.0 Å². The maximum absolute atomic E-state index is 8.30. The Morgan fingerprint density at radius 3 is 1.97 bits per heavy atom. The maximum atomic E-state index is 8.30. The largest absolute Gasteiger partial charge is 2.00 e. The van der Waals surface area contributed by atoms with Crippen molar-refractivity contribution in [1.29, 1.82) is 0 Å². The molecule has 2 rings (SSSR count). The average Bonchev–Trinajstić information content (AvgIpc) is 3.21. The van der Waals surface area contributed by atoms with E-state index in [1.165, 1.54) is 13.8 Å². The summed E-state index contributed by atoms with van der Waals surface area (Å²) < 4.78 is 0. The van der Waals surface area contributed by atoms with Gasteiger partial charge in [-0.25, -0.2) is 4.98 Å². The Morgan fingerprint density at radius 2 is 1.48 bits per heavy atom. The van der Waals surface area contributed by atoms with Gasteiger partial charge in [-0.15, -0.1) is 6.42 Å².